The topological polar surface area (TPSA) is 86.8 Å². The van der Waals surface area contributed by atoms with Gasteiger partial charge in [0.1, 0.15) is 12.6 Å². The van der Waals surface area contributed by atoms with Gasteiger partial charge in [-0.05, 0) is 42.7 Å². The number of hydrogen-bond acceptors (Lipinski definition) is 4. The van der Waals surface area contributed by atoms with Crippen molar-refractivity contribution in [3.63, 3.8) is 0 Å². The second kappa shape index (κ2) is 13.7. The first-order valence-corrected chi connectivity index (χ1v) is 14.7. The predicted octanol–water partition coefficient (Wildman–Crippen LogP) is 5.79. The molecule has 0 saturated carbocycles. The molecule has 0 aromatic heterocycles. The van der Waals surface area contributed by atoms with Gasteiger partial charge in [0, 0.05) is 13.1 Å². The SMILES string of the molecule is CCCCNC(=O)[C@@H](CC)N(Cc1ccc(Cl)c(Cl)c1)C(=O)CN(c1cccc(Cl)c1Cl)S(C)(=O)=O. The summed E-state index contributed by atoms with van der Waals surface area (Å²) in [6.45, 7) is 3.68. The van der Waals surface area contributed by atoms with Crippen LogP contribution < -0.4 is 9.62 Å². The first-order chi connectivity index (χ1) is 16.9. The van der Waals surface area contributed by atoms with Crippen molar-refractivity contribution in [2.24, 2.45) is 0 Å². The third kappa shape index (κ3) is 8.15. The molecule has 2 amide bonds. The van der Waals surface area contributed by atoms with E-state index >= 15 is 0 Å². The van der Waals surface area contributed by atoms with Crippen LogP contribution >= 0.6 is 46.4 Å². The van der Waals surface area contributed by atoms with Crippen LogP contribution in [-0.2, 0) is 26.2 Å². The molecule has 0 aliphatic rings. The van der Waals surface area contributed by atoms with Crippen LogP contribution in [0.2, 0.25) is 20.1 Å². The molecule has 0 saturated heterocycles. The van der Waals surface area contributed by atoms with Crippen molar-refractivity contribution in [3.8, 4) is 0 Å². The molecule has 36 heavy (non-hydrogen) atoms. The van der Waals surface area contributed by atoms with Crippen molar-refractivity contribution in [1.82, 2.24) is 10.2 Å². The van der Waals surface area contributed by atoms with Gasteiger partial charge in [0.25, 0.3) is 0 Å². The number of anilines is 1. The van der Waals surface area contributed by atoms with Crippen LogP contribution in [0.5, 0.6) is 0 Å². The van der Waals surface area contributed by atoms with Crippen molar-refractivity contribution in [2.75, 3.05) is 23.7 Å². The van der Waals surface area contributed by atoms with Crippen molar-refractivity contribution in [1.29, 1.82) is 0 Å². The van der Waals surface area contributed by atoms with Crippen molar-refractivity contribution in [2.45, 2.75) is 45.7 Å². The van der Waals surface area contributed by atoms with E-state index in [4.69, 9.17) is 46.4 Å². The van der Waals surface area contributed by atoms with E-state index in [1.165, 1.54) is 23.1 Å². The fourth-order valence-electron chi connectivity index (χ4n) is 3.54. The van der Waals surface area contributed by atoms with E-state index < -0.39 is 28.5 Å². The van der Waals surface area contributed by atoms with Crippen LogP contribution in [0.15, 0.2) is 36.4 Å². The quantitative estimate of drug-likeness (QED) is 0.314. The zero-order valence-corrected chi connectivity index (χ0v) is 24.1. The molecule has 2 aromatic rings. The average molecular weight is 597 g/mol. The number of carbonyl (C=O) groups is 2. The average Bonchev–Trinajstić information content (AvgIpc) is 2.81. The Hall–Kier alpha value is -1.71. The number of benzene rings is 2. The second-order valence-corrected chi connectivity index (χ2v) is 11.7. The molecule has 12 heteroatoms. The lowest BCUT2D eigenvalue weighted by molar-refractivity contribution is -0.140. The summed E-state index contributed by atoms with van der Waals surface area (Å²) in [6.07, 6.45) is 2.96. The number of rotatable bonds is 12. The van der Waals surface area contributed by atoms with Crippen LogP contribution in [0.4, 0.5) is 5.69 Å². The van der Waals surface area contributed by atoms with Gasteiger partial charge in [0.05, 0.1) is 32.0 Å². The van der Waals surface area contributed by atoms with Gasteiger partial charge < -0.3 is 10.2 Å². The minimum atomic E-state index is -3.94. The van der Waals surface area contributed by atoms with E-state index in [1.807, 2.05) is 6.92 Å². The molecule has 0 bridgehead atoms. The van der Waals surface area contributed by atoms with Crippen LogP contribution in [0.3, 0.4) is 0 Å². The smallest absolute Gasteiger partial charge is 0.244 e. The first-order valence-electron chi connectivity index (χ1n) is 11.3. The highest BCUT2D eigenvalue weighted by atomic mass is 35.5. The van der Waals surface area contributed by atoms with Crippen LogP contribution in [0.25, 0.3) is 0 Å². The molecule has 0 fully saturated rings. The van der Waals surface area contributed by atoms with Gasteiger partial charge >= 0.3 is 0 Å². The summed E-state index contributed by atoms with van der Waals surface area (Å²) >= 11 is 24.6. The summed E-state index contributed by atoms with van der Waals surface area (Å²) < 4.78 is 26.2. The molecular weight excluding hydrogens is 568 g/mol. The van der Waals surface area contributed by atoms with E-state index in [0.717, 1.165) is 23.4 Å². The molecule has 7 nitrogen and oxygen atoms in total. The van der Waals surface area contributed by atoms with Crippen molar-refractivity contribution < 1.29 is 18.0 Å². The number of unbranched alkanes of at least 4 members (excludes halogenated alkanes) is 1. The lowest BCUT2D eigenvalue weighted by Gasteiger charge is -2.33. The van der Waals surface area contributed by atoms with Crippen LogP contribution in [0.1, 0.15) is 38.7 Å². The molecule has 0 aliphatic carbocycles. The maximum Gasteiger partial charge on any atom is 0.244 e. The Morgan fingerprint density at radius 3 is 2.28 bits per heavy atom. The fourth-order valence-corrected chi connectivity index (χ4v) is 5.16. The Morgan fingerprint density at radius 1 is 1.00 bits per heavy atom. The number of sulfonamides is 1. The first kappa shape index (κ1) is 30.5. The summed E-state index contributed by atoms with van der Waals surface area (Å²) in [5, 5.41) is 3.64. The lowest BCUT2D eigenvalue weighted by atomic mass is 10.1. The fraction of sp³-hybridized carbons (Fsp3) is 0.417. The standard InChI is InChI=1S/C24H29Cl4N3O4S/c1-4-6-12-29-24(33)20(5-2)30(14-16-10-11-17(25)19(27)13-16)22(32)15-31(36(3,34)35)21-9-7-8-18(26)23(21)28/h7-11,13,20H,4-6,12,14-15H2,1-3H3,(H,29,33)/t20-/m1/s1. The summed E-state index contributed by atoms with van der Waals surface area (Å²) in [4.78, 5) is 28.0. The van der Waals surface area contributed by atoms with Gasteiger partial charge in [-0.1, -0.05) is 78.8 Å². The Balaban J connectivity index is 2.47. The van der Waals surface area contributed by atoms with E-state index in [1.54, 1.807) is 25.1 Å². The molecule has 198 valence electrons. The molecule has 2 rings (SSSR count). The number of halogens is 4. The number of nitrogens with zero attached hydrogens (tertiary/aromatic N) is 2. The van der Waals surface area contributed by atoms with Gasteiger partial charge in [-0.3, -0.25) is 13.9 Å². The largest absolute Gasteiger partial charge is 0.354 e. The van der Waals surface area contributed by atoms with E-state index in [-0.39, 0.29) is 28.2 Å². The number of nitrogens with one attached hydrogen (secondary N) is 1. The monoisotopic (exact) mass is 595 g/mol. The lowest BCUT2D eigenvalue weighted by Crippen LogP contribution is -2.52. The summed E-state index contributed by atoms with van der Waals surface area (Å²) in [5.74, 6) is -0.925. The Morgan fingerprint density at radius 2 is 1.69 bits per heavy atom. The number of amides is 2. The predicted molar refractivity (Wildman–Crippen MR) is 148 cm³/mol. The molecule has 0 unspecified atom stereocenters. The zero-order chi connectivity index (χ0) is 27.0. The summed E-state index contributed by atoms with van der Waals surface area (Å²) in [6, 6.07) is 8.56. The number of carbonyl (C=O) groups excluding carboxylic acids is 2. The molecule has 1 N–H and O–H groups in total. The number of hydrogen-bond donors (Lipinski definition) is 1. The Bertz CT molecular complexity index is 1190. The van der Waals surface area contributed by atoms with E-state index in [2.05, 4.69) is 5.32 Å². The molecule has 1 atom stereocenters. The Labute approximate surface area is 232 Å². The van der Waals surface area contributed by atoms with Crippen molar-refractivity contribution >= 4 is 73.9 Å². The van der Waals surface area contributed by atoms with Gasteiger partial charge in [0.15, 0.2) is 0 Å². The van der Waals surface area contributed by atoms with Crippen LogP contribution in [-0.4, -0.2) is 50.5 Å². The van der Waals surface area contributed by atoms with Crippen LogP contribution in [0, 0.1) is 0 Å². The summed E-state index contributed by atoms with van der Waals surface area (Å²) in [7, 11) is -3.94. The van der Waals surface area contributed by atoms with Gasteiger partial charge in [-0.2, -0.15) is 0 Å². The minimum Gasteiger partial charge on any atom is -0.354 e. The highest BCUT2D eigenvalue weighted by Gasteiger charge is 2.32. The minimum absolute atomic E-state index is 0.00206. The maximum atomic E-state index is 13.7. The normalized spacial score (nSPS) is 12.2. The molecule has 2 aromatic carbocycles. The highest BCUT2D eigenvalue weighted by Crippen LogP contribution is 2.34. The second-order valence-electron chi connectivity index (χ2n) is 8.18. The molecule has 0 heterocycles. The van der Waals surface area contributed by atoms with E-state index in [9.17, 15) is 18.0 Å². The van der Waals surface area contributed by atoms with Gasteiger partial charge in [-0.15, -0.1) is 0 Å². The van der Waals surface area contributed by atoms with E-state index in [0.29, 0.717) is 28.6 Å². The Kier molecular flexibility index (Phi) is 11.6. The zero-order valence-electron chi connectivity index (χ0n) is 20.2. The maximum absolute atomic E-state index is 13.7. The molecule has 0 spiro atoms. The van der Waals surface area contributed by atoms with Crippen molar-refractivity contribution in [3.05, 3.63) is 62.1 Å². The third-order valence-corrected chi connectivity index (χ3v) is 8.11. The highest BCUT2D eigenvalue weighted by molar-refractivity contribution is 7.92. The molecule has 0 radical (unpaired) electrons. The molecule has 0 aliphatic heterocycles. The van der Waals surface area contributed by atoms with Gasteiger partial charge in [-0.25, -0.2) is 8.42 Å². The van der Waals surface area contributed by atoms with Gasteiger partial charge in [0.2, 0.25) is 21.8 Å². The molecular formula is C24H29Cl4N3O4S. The summed E-state index contributed by atoms with van der Waals surface area (Å²) in [5.41, 5.74) is 0.694. The third-order valence-electron chi connectivity index (χ3n) is 5.43.